The van der Waals surface area contributed by atoms with Gasteiger partial charge in [0.2, 0.25) is 0 Å². The van der Waals surface area contributed by atoms with E-state index in [4.69, 9.17) is 10.2 Å². The molecule has 0 aliphatic heterocycles. The van der Waals surface area contributed by atoms with E-state index in [1.807, 2.05) is 6.92 Å². The van der Waals surface area contributed by atoms with Crippen LogP contribution < -0.4 is 0 Å². The maximum absolute atomic E-state index is 12.3. The Morgan fingerprint density at radius 3 is 2.68 bits per heavy atom. The first kappa shape index (κ1) is 15.6. The molecule has 0 aliphatic carbocycles. The molecule has 3 N–H and O–H groups in total. The average Bonchev–Trinajstić information content (AvgIpc) is 2.84. The lowest BCUT2D eigenvalue weighted by Gasteiger charge is -2.20. The fourth-order valence-electron chi connectivity index (χ4n) is 1.55. The van der Waals surface area contributed by atoms with Crippen LogP contribution in [0.4, 0.5) is 0 Å². The minimum Gasteiger partial charge on any atom is -0.478 e. The van der Waals surface area contributed by atoms with Crippen molar-refractivity contribution in [2.45, 2.75) is 24.8 Å². The first-order chi connectivity index (χ1) is 8.95. The number of hydrogen-bond donors (Lipinski definition) is 3. The summed E-state index contributed by atoms with van der Waals surface area (Å²) in [6.07, 6.45) is 2.36. The topological polar surface area (TPSA) is 124 Å². The molecule has 0 amide bonds. The third kappa shape index (κ3) is 3.52. The van der Waals surface area contributed by atoms with Gasteiger partial charge in [-0.05, 0) is 6.42 Å². The number of nitrogens with one attached hydrogen (secondary N) is 1. The van der Waals surface area contributed by atoms with Crippen LogP contribution in [0.3, 0.4) is 0 Å². The molecule has 0 fully saturated rings. The molecular weight excluding hydrogens is 274 g/mol. The van der Waals surface area contributed by atoms with Gasteiger partial charge in [-0.3, -0.25) is 5.10 Å². The molecule has 108 valence electrons. The Morgan fingerprint density at radius 1 is 1.47 bits per heavy atom. The van der Waals surface area contributed by atoms with Crippen molar-refractivity contribution in [3.63, 3.8) is 0 Å². The van der Waals surface area contributed by atoms with Gasteiger partial charge in [-0.2, -0.15) is 9.40 Å². The molecule has 9 heteroatoms. The third-order valence-electron chi connectivity index (χ3n) is 2.54. The number of nitrogens with zero attached hydrogens (tertiary/aromatic N) is 2. The molecule has 1 rings (SSSR count). The Labute approximate surface area is 111 Å². The SMILES string of the molecule is CCCCN(CCO)S(=O)(=O)c1[nH]ncc1C(=O)O. The van der Waals surface area contributed by atoms with Gasteiger partial charge >= 0.3 is 5.97 Å². The van der Waals surface area contributed by atoms with Crippen molar-refractivity contribution in [3.05, 3.63) is 11.8 Å². The molecule has 0 unspecified atom stereocenters. The van der Waals surface area contributed by atoms with Crippen molar-refractivity contribution in [1.82, 2.24) is 14.5 Å². The fourth-order valence-corrected chi connectivity index (χ4v) is 3.09. The Bertz CT molecular complexity index is 525. The van der Waals surface area contributed by atoms with Crippen LogP contribution in [0.5, 0.6) is 0 Å². The number of aliphatic hydroxyl groups is 1. The number of aromatic nitrogens is 2. The highest BCUT2D eigenvalue weighted by molar-refractivity contribution is 7.89. The molecule has 1 heterocycles. The highest BCUT2D eigenvalue weighted by Gasteiger charge is 2.30. The van der Waals surface area contributed by atoms with E-state index in [0.29, 0.717) is 6.42 Å². The van der Waals surface area contributed by atoms with E-state index in [9.17, 15) is 13.2 Å². The van der Waals surface area contributed by atoms with E-state index in [1.54, 1.807) is 0 Å². The minimum atomic E-state index is -3.99. The predicted molar refractivity (Wildman–Crippen MR) is 66.3 cm³/mol. The molecule has 8 nitrogen and oxygen atoms in total. The second kappa shape index (κ2) is 6.64. The smallest absolute Gasteiger partial charge is 0.340 e. The monoisotopic (exact) mass is 291 g/mol. The normalized spacial score (nSPS) is 11.9. The number of aromatic amines is 1. The van der Waals surface area contributed by atoms with Gasteiger partial charge in [-0.1, -0.05) is 13.3 Å². The molecule has 0 aliphatic rings. The Balaban J connectivity index is 3.11. The molecule has 0 atom stereocenters. The molecule has 0 bridgehead atoms. The van der Waals surface area contributed by atoms with Crippen LogP contribution in [-0.4, -0.2) is 58.8 Å². The summed E-state index contributed by atoms with van der Waals surface area (Å²) in [6.45, 7) is 1.71. The fraction of sp³-hybridized carbons (Fsp3) is 0.600. The van der Waals surface area contributed by atoms with E-state index in [2.05, 4.69) is 10.2 Å². The van der Waals surface area contributed by atoms with Crippen molar-refractivity contribution < 1.29 is 23.4 Å². The van der Waals surface area contributed by atoms with Gasteiger partial charge < -0.3 is 10.2 Å². The number of aromatic carboxylic acids is 1. The molecule has 1 aromatic rings. The summed E-state index contributed by atoms with van der Waals surface area (Å²) in [5.41, 5.74) is -0.403. The van der Waals surface area contributed by atoms with Gasteiger partial charge in [0.1, 0.15) is 5.56 Å². The van der Waals surface area contributed by atoms with Crippen LogP contribution in [0.1, 0.15) is 30.1 Å². The Morgan fingerprint density at radius 2 is 2.16 bits per heavy atom. The summed E-state index contributed by atoms with van der Waals surface area (Å²) in [5.74, 6) is -1.37. The van der Waals surface area contributed by atoms with Gasteiger partial charge in [0.15, 0.2) is 5.03 Å². The zero-order valence-corrected chi connectivity index (χ0v) is 11.4. The van der Waals surface area contributed by atoms with Crippen molar-refractivity contribution in [1.29, 1.82) is 0 Å². The minimum absolute atomic E-state index is 0.0829. The number of carboxylic acid groups (broad SMARTS) is 1. The van der Waals surface area contributed by atoms with Crippen LogP contribution in [0.2, 0.25) is 0 Å². The molecule has 1 aromatic heterocycles. The summed E-state index contributed by atoms with van der Waals surface area (Å²) in [7, 11) is -3.99. The maximum Gasteiger partial charge on any atom is 0.340 e. The van der Waals surface area contributed by atoms with Crippen LogP contribution in [-0.2, 0) is 10.0 Å². The zero-order valence-electron chi connectivity index (χ0n) is 10.5. The van der Waals surface area contributed by atoms with Crippen LogP contribution >= 0.6 is 0 Å². The number of hydrogen-bond acceptors (Lipinski definition) is 5. The number of rotatable bonds is 8. The summed E-state index contributed by atoms with van der Waals surface area (Å²) >= 11 is 0. The number of carboxylic acids is 1. The largest absolute Gasteiger partial charge is 0.478 e. The highest BCUT2D eigenvalue weighted by Crippen LogP contribution is 2.18. The molecule has 0 spiro atoms. The quantitative estimate of drug-likeness (QED) is 0.614. The Hall–Kier alpha value is -1.45. The number of sulfonamides is 1. The van der Waals surface area contributed by atoms with E-state index >= 15 is 0 Å². The number of unbranched alkanes of at least 4 members (excludes halogenated alkanes) is 1. The van der Waals surface area contributed by atoms with Crippen LogP contribution in [0, 0.1) is 0 Å². The van der Waals surface area contributed by atoms with Gasteiger partial charge in [0, 0.05) is 13.1 Å². The molecule has 0 saturated carbocycles. The second-order valence-electron chi connectivity index (χ2n) is 3.90. The lowest BCUT2D eigenvalue weighted by molar-refractivity contribution is 0.0692. The van der Waals surface area contributed by atoms with E-state index < -0.39 is 26.6 Å². The second-order valence-corrected chi connectivity index (χ2v) is 5.77. The van der Waals surface area contributed by atoms with E-state index in [-0.39, 0.29) is 19.7 Å². The molecule has 0 radical (unpaired) electrons. The van der Waals surface area contributed by atoms with Gasteiger partial charge in [0.25, 0.3) is 10.0 Å². The molecular formula is C10H17N3O5S. The van der Waals surface area contributed by atoms with E-state index in [0.717, 1.165) is 16.9 Å². The lowest BCUT2D eigenvalue weighted by atomic mass is 10.3. The summed E-state index contributed by atoms with van der Waals surface area (Å²) in [4.78, 5) is 10.9. The molecule has 19 heavy (non-hydrogen) atoms. The number of carbonyl (C=O) groups is 1. The lowest BCUT2D eigenvalue weighted by Crippen LogP contribution is -2.35. The highest BCUT2D eigenvalue weighted by atomic mass is 32.2. The van der Waals surface area contributed by atoms with Gasteiger partial charge in [-0.15, -0.1) is 0 Å². The maximum atomic E-state index is 12.3. The zero-order chi connectivity index (χ0) is 14.5. The number of aliphatic hydroxyl groups excluding tert-OH is 1. The Kier molecular flexibility index (Phi) is 5.45. The number of H-pyrrole nitrogens is 1. The first-order valence-electron chi connectivity index (χ1n) is 5.82. The van der Waals surface area contributed by atoms with Crippen molar-refractivity contribution in [2.24, 2.45) is 0 Å². The van der Waals surface area contributed by atoms with Crippen molar-refractivity contribution in [2.75, 3.05) is 19.7 Å². The van der Waals surface area contributed by atoms with Crippen molar-refractivity contribution >= 4 is 16.0 Å². The average molecular weight is 291 g/mol. The van der Waals surface area contributed by atoms with Gasteiger partial charge in [0.05, 0.1) is 12.8 Å². The van der Waals surface area contributed by atoms with Gasteiger partial charge in [-0.25, -0.2) is 13.2 Å². The van der Waals surface area contributed by atoms with E-state index in [1.165, 1.54) is 0 Å². The van der Waals surface area contributed by atoms with Crippen molar-refractivity contribution in [3.8, 4) is 0 Å². The predicted octanol–water partition coefficient (Wildman–Crippen LogP) is -0.109. The summed E-state index contributed by atoms with van der Waals surface area (Å²) < 4.78 is 25.6. The molecule has 0 saturated heterocycles. The summed E-state index contributed by atoms with van der Waals surface area (Å²) in [6, 6.07) is 0. The molecule has 0 aromatic carbocycles. The van der Waals surface area contributed by atoms with Crippen LogP contribution in [0.15, 0.2) is 11.2 Å². The van der Waals surface area contributed by atoms with Crippen LogP contribution in [0.25, 0.3) is 0 Å². The standard InChI is InChI=1S/C10H17N3O5S/c1-2-3-4-13(5-6-14)19(17,18)9-8(10(15)16)7-11-12-9/h7,14H,2-6H2,1H3,(H,11,12)(H,15,16). The first-order valence-corrected chi connectivity index (χ1v) is 7.26. The third-order valence-corrected chi connectivity index (χ3v) is 4.42. The summed E-state index contributed by atoms with van der Waals surface area (Å²) in [5, 5.41) is 23.0.